The van der Waals surface area contributed by atoms with Gasteiger partial charge in [0, 0.05) is 46.8 Å². The lowest BCUT2D eigenvalue weighted by Crippen LogP contribution is -2.20. The predicted molar refractivity (Wildman–Crippen MR) is 129 cm³/mol. The van der Waals surface area contributed by atoms with Crippen molar-refractivity contribution in [2.75, 3.05) is 6.61 Å². The van der Waals surface area contributed by atoms with Gasteiger partial charge >= 0.3 is 0 Å². The van der Waals surface area contributed by atoms with Crippen molar-refractivity contribution in [3.05, 3.63) is 87.5 Å². The van der Waals surface area contributed by atoms with E-state index in [0.29, 0.717) is 23.2 Å². The molecule has 7 heteroatoms. The summed E-state index contributed by atoms with van der Waals surface area (Å²) in [6, 6.07) is 10.7. The Labute approximate surface area is 202 Å². The Balaban J connectivity index is 1.64. The first kappa shape index (κ1) is 22.8. The molecular weight excluding hydrogens is 456 g/mol. The minimum absolute atomic E-state index is 0.0824. The molecule has 174 valence electrons. The van der Waals surface area contributed by atoms with Crippen LogP contribution in [0.3, 0.4) is 0 Å². The normalized spacial score (nSPS) is 18.4. The van der Waals surface area contributed by atoms with Gasteiger partial charge in [0.2, 0.25) is 0 Å². The summed E-state index contributed by atoms with van der Waals surface area (Å²) in [7, 11) is 0. The monoisotopic (exact) mass is 479 g/mol. The third-order valence-electron chi connectivity index (χ3n) is 6.58. The van der Waals surface area contributed by atoms with Crippen LogP contribution in [0.25, 0.3) is 22.2 Å². The zero-order valence-electron chi connectivity index (χ0n) is 19.2. The van der Waals surface area contributed by atoms with Crippen LogP contribution in [0.5, 0.6) is 0 Å². The Kier molecular flexibility index (Phi) is 6.04. The molecule has 0 amide bonds. The fourth-order valence-corrected chi connectivity index (χ4v) is 4.73. The molecule has 0 radical (unpaired) electrons. The quantitative estimate of drug-likeness (QED) is 0.292. The van der Waals surface area contributed by atoms with E-state index < -0.39 is 11.6 Å². The third-order valence-corrected chi connectivity index (χ3v) is 6.88. The lowest BCUT2D eigenvalue weighted by atomic mass is 9.87. The minimum atomic E-state index is -1.05. The van der Waals surface area contributed by atoms with Crippen molar-refractivity contribution >= 4 is 22.6 Å². The van der Waals surface area contributed by atoms with E-state index in [9.17, 15) is 4.39 Å². The Bertz CT molecular complexity index is 1410. The largest absolute Gasteiger partial charge is 0.373 e. The number of fused-ring (bicyclic) bond motifs is 1. The van der Waals surface area contributed by atoms with E-state index >= 15 is 4.39 Å². The molecule has 4 heterocycles. The molecule has 4 aromatic rings. The van der Waals surface area contributed by atoms with Gasteiger partial charge in [-0.25, -0.2) is 18.7 Å². The number of benzene rings is 1. The lowest BCUT2D eigenvalue weighted by molar-refractivity contribution is 0.00461. The predicted octanol–water partition coefficient (Wildman–Crippen LogP) is 7.18. The van der Waals surface area contributed by atoms with Crippen LogP contribution in [0, 0.1) is 32.4 Å². The number of hydrogen-bond acceptors (Lipinski definition) is 4. The molecule has 0 saturated carbocycles. The summed E-state index contributed by atoms with van der Waals surface area (Å²) in [5, 5.41) is 0.436. The van der Waals surface area contributed by atoms with Gasteiger partial charge in [-0.1, -0.05) is 11.6 Å². The van der Waals surface area contributed by atoms with Crippen LogP contribution in [0.2, 0.25) is 5.02 Å². The van der Waals surface area contributed by atoms with Gasteiger partial charge in [0.05, 0.1) is 11.1 Å². The van der Waals surface area contributed by atoms with E-state index in [-0.39, 0.29) is 22.6 Å². The summed E-state index contributed by atoms with van der Waals surface area (Å²) in [5.41, 5.74) is 5.85. The highest BCUT2D eigenvalue weighted by molar-refractivity contribution is 6.30. The smallest absolute Gasteiger partial charge is 0.178 e. The van der Waals surface area contributed by atoms with E-state index in [4.69, 9.17) is 21.3 Å². The fourth-order valence-electron chi connectivity index (χ4n) is 4.59. The Morgan fingerprint density at radius 2 is 1.79 bits per heavy atom. The number of aryl methyl sites for hydroxylation is 3. The van der Waals surface area contributed by atoms with Crippen molar-refractivity contribution in [2.24, 2.45) is 0 Å². The van der Waals surface area contributed by atoms with Crippen LogP contribution in [0.1, 0.15) is 53.1 Å². The molecule has 1 saturated heterocycles. The summed E-state index contributed by atoms with van der Waals surface area (Å²) >= 11 is 5.82. The van der Waals surface area contributed by atoms with Gasteiger partial charge in [-0.15, -0.1) is 0 Å². The minimum Gasteiger partial charge on any atom is -0.373 e. The van der Waals surface area contributed by atoms with Gasteiger partial charge in [0.15, 0.2) is 17.3 Å². The number of ether oxygens (including phenoxy) is 1. The van der Waals surface area contributed by atoms with Crippen molar-refractivity contribution in [3.8, 4) is 11.1 Å². The summed E-state index contributed by atoms with van der Waals surface area (Å²) in [6.07, 6.45) is 3.21. The molecule has 4 nitrogen and oxygen atoms in total. The molecule has 1 aromatic carbocycles. The summed E-state index contributed by atoms with van der Waals surface area (Å²) in [4.78, 5) is 13.8. The van der Waals surface area contributed by atoms with Gasteiger partial charge in [0.25, 0.3) is 0 Å². The maximum absolute atomic E-state index is 15.0. The number of hydrogen-bond donors (Lipinski definition) is 0. The average molecular weight is 480 g/mol. The topological polar surface area (TPSA) is 47.9 Å². The van der Waals surface area contributed by atoms with Gasteiger partial charge in [-0.2, -0.15) is 0 Å². The lowest BCUT2D eigenvalue weighted by Gasteiger charge is -2.30. The molecule has 0 bridgehead atoms. The van der Waals surface area contributed by atoms with Crippen molar-refractivity contribution < 1.29 is 13.5 Å². The standard InChI is InChI=1S/C27H24ClF2N3O/c1-14-10-21-20(19-4-5-22(28)26(30)25(19)29)13-23(33-27(21)32-16(14)3)17-7-9-34-24(12-17)18-6-8-31-15(2)11-18/h4-6,8,10-11,13,17,24H,7,9,12H2,1-3H3/t17-,24+/m1/s1. The van der Waals surface area contributed by atoms with Crippen LogP contribution < -0.4 is 0 Å². The van der Waals surface area contributed by atoms with Crippen molar-refractivity contribution in [1.29, 1.82) is 0 Å². The second-order valence-corrected chi connectivity index (χ2v) is 9.30. The highest BCUT2D eigenvalue weighted by Gasteiger charge is 2.28. The Morgan fingerprint density at radius 1 is 0.971 bits per heavy atom. The van der Waals surface area contributed by atoms with E-state index in [1.807, 2.05) is 45.0 Å². The van der Waals surface area contributed by atoms with Gasteiger partial charge in [-0.05, 0) is 86.7 Å². The third kappa shape index (κ3) is 4.17. The number of rotatable bonds is 3. The van der Waals surface area contributed by atoms with Gasteiger partial charge < -0.3 is 4.74 Å². The summed E-state index contributed by atoms with van der Waals surface area (Å²) in [6.45, 7) is 6.40. The molecule has 1 aliphatic rings. The van der Waals surface area contributed by atoms with Gasteiger partial charge in [0.1, 0.15) is 0 Å². The van der Waals surface area contributed by atoms with Crippen LogP contribution in [-0.2, 0) is 4.74 Å². The Morgan fingerprint density at radius 3 is 2.59 bits per heavy atom. The number of pyridine rings is 3. The molecular formula is C27H24ClF2N3O. The average Bonchev–Trinajstić information content (AvgIpc) is 2.83. The van der Waals surface area contributed by atoms with E-state index in [1.165, 1.54) is 12.1 Å². The first-order valence-electron chi connectivity index (χ1n) is 11.3. The number of aromatic nitrogens is 3. The molecule has 0 spiro atoms. The van der Waals surface area contributed by atoms with E-state index in [0.717, 1.165) is 41.1 Å². The van der Waals surface area contributed by atoms with Crippen molar-refractivity contribution in [2.45, 2.75) is 45.6 Å². The molecule has 2 atom stereocenters. The maximum Gasteiger partial charge on any atom is 0.178 e. The van der Waals surface area contributed by atoms with Crippen molar-refractivity contribution in [3.63, 3.8) is 0 Å². The zero-order chi connectivity index (χ0) is 24.0. The number of nitrogens with zero attached hydrogens (tertiary/aromatic N) is 3. The second-order valence-electron chi connectivity index (χ2n) is 8.89. The van der Waals surface area contributed by atoms with Crippen LogP contribution >= 0.6 is 11.6 Å². The highest BCUT2D eigenvalue weighted by Crippen LogP contribution is 2.40. The van der Waals surface area contributed by atoms with Crippen LogP contribution in [0.15, 0.2) is 42.6 Å². The molecule has 5 rings (SSSR count). The van der Waals surface area contributed by atoms with Crippen molar-refractivity contribution in [1.82, 2.24) is 15.0 Å². The van der Waals surface area contributed by atoms with Crippen LogP contribution in [-0.4, -0.2) is 21.6 Å². The highest BCUT2D eigenvalue weighted by atomic mass is 35.5. The molecule has 0 N–H and O–H groups in total. The van der Waals surface area contributed by atoms with E-state index in [2.05, 4.69) is 9.97 Å². The first-order valence-corrected chi connectivity index (χ1v) is 11.7. The summed E-state index contributed by atoms with van der Waals surface area (Å²) in [5.74, 6) is -1.94. The first-order chi connectivity index (χ1) is 16.3. The van der Waals surface area contributed by atoms with E-state index in [1.54, 1.807) is 6.20 Å². The van der Waals surface area contributed by atoms with Gasteiger partial charge in [-0.3, -0.25) is 4.98 Å². The molecule has 3 aromatic heterocycles. The molecule has 34 heavy (non-hydrogen) atoms. The van der Waals surface area contributed by atoms with Crippen LogP contribution in [0.4, 0.5) is 8.78 Å². The Hall–Kier alpha value is -2.96. The fraction of sp³-hybridized carbons (Fsp3) is 0.296. The zero-order valence-corrected chi connectivity index (χ0v) is 20.0. The summed E-state index contributed by atoms with van der Waals surface area (Å²) < 4.78 is 35.5. The number of halogens is 3. The maximum atomic E-state index is 15.0. The second kappa shape index (κ2) is 9.01. The SMILES string of the molecule is Cc1cc([C@@H]2C[C@H](c3cc(-c4ccc(Cl)c(F)c4F)c4cc(C)c(C)nc4n3)CCO2)ccn1. The molecule has 1 aliphatic heterocycles. The molecule has 1 fully saturated rings. The molecule has 0 aliphatic carbocycles. The molecule has 0 unspecified atom stereocenters.